The van der Waals surface area contributed by atoms with Crippen LogP contribution in [0.25, 0.3) is 11.1 Å². The van der Waals surface area contributed by atoms with Crippen LogP contribution in [0.4, 0.5) is 22.7 Å². The van der Waals surface area contributed by atoms with Crippen LogP contribution >= 0.6 is 47.9 Å². The fourth-order valence-electron chi connectivity index (χ4n) is 11.0. The van der Waals surface area contributed by atoms with Crippen LogP contribution in [0.15, 0.2) is 180 Å². The van der Waals surface area contributed by atoms with E-state index in [1.165, 1.54) is 4.91 Å². The quantitative estimate of drug-likeness (QED) is 0.0381. The van der Waals surface area contributed by atoms with Crippen molar-refractivity contribution in [1.82, 2.24) is 21.3 Å². The van der Waals surface area contributed by atoms with Crippen molar-refractivity contribution in [3.8, 4) is 22.6 Å². The number of rotatable bonds is 18. The van der Waals surface area contributed by atoms with Gasteiger partial charge in [0.1, 0.15) is 11.5 Å². The molecule has 10 rings (SSSR count). The van der Waals surface area contributed by atoms with Gasteiger partial charge in [0, 0.05) is 80.9 Å². The van der Waals surface area contributed by atoms with Gasteiger partial charge in [-0.25, -0.2) is 0 Å². The first-order valence-electron chi connectivity index (χ1n) is 25.9. The van der Waals surface area contributed by atoms with Crippen molar-refractivity contribution in [1.29, 1.82) is 0 Å². The highest BCUT2D eigenvalue weighted by atomic mass is 32.2. The number of anilines is 4. The Kier molecular flexibility index (Phi) is 17.5. The highest BCUT2D eigenvalue weighted by Gasteiger charge is 2.39. The summed E-state index contributed by atoms with van der Waals surface area (Å²) in [5.41, 5.74) is 5.69. The van der Waals surface area contributed by atoms with E-state index in [1.807, 2.05) is 96.7 Å². The van der Waals surface area contributed by atoms with Gasteiger partial charge in [0.15, 0.2) is 0 Å². The Morgan fingerprint density at radius 1 is 0.573 bits per heavy atom. The molecule has 4 aliphatic carbocycles. The van der Waals surface area contributed by atoms with Crippen molar-refractivity contribution in [2.45, 2.75) is 45.9 Å². The van der Waals surface area contributed by atoms with Gasteiger partial charge >= 0.3 is 0 Å². The van der Waals surface area contributed by atoms with Crippen LogP contribution in [-0.4, -0.2) is 91.6 Å². The van der Waals surface area contributed by atoms with Crippen LogP contribution in [0, 0.1) is 23.7 Å². The minimum absolute atomic E-state index is 0.147. The molecule has 0 spiro atoms. The van der Waals surface area contributed by atoms with Crippen molar-refractivity contribution in [3.63, 3.8) is 0 Å². The summed E-state index contributed by atoms with van der Waals surface area (Å²) >= 11 is 10.6. The van der Waals surface area contributed by atoms with Gasteiger partial charge in [-0.05, 0) is 90.6 Å². The SMILES string of the molecule is COc1cc(-c2ccc(Nc3ccccc3C(=O)NCCNC3CC4C=CC=CC4SC4C=CC(SC)=CC34)c(OC)c2)ccc1Nc1ccccc1C(=O)NCCNC1CC2C=CC=CC2SC2C=CC(S)=CC12. The van der Waals surface area contributed by atoms with Gasteiger partial charge in [0.25, 0.3) is 11.8 Å². The highest BCUT2D eigenvalue weighted by molar-refractivity contribution is 8.02. The summed E-state index contributed by atoms with van der Waals surface area (Å²) in [6.07, 6.45) is 36.1. The van der Waals surface area contributed by atoms with E-state index in [2.05, 4.69) is 135 Å². The van der Waals surface area contributed by atoms with Crippen LogP contribution in [0.2, 0.25) is 0 Å². The molecule has 388 valence electrons. The van der Waals surface area contributed by atoms with Gasteiger partial charge in [-0.3, -0.25) is 9.59 Å². The Labute approximate surface area is 460 Å². The first-order valence-corrected chi connectivity index (χ1v) is 29.5. The Balaban J connectivity index is 0.749. The molecule has 0 saturated carbocycles. The molecule has 2 heterocycles. The zero-order chi connectivity index (χ0) is 51.7. The lowest BCUT2D eigenvalue weighted by Crippen LogP contribution is -2.43. The molecule has 0 aromatic heterocycles. The van der Waals surface area contributed by atoms with Crippen LogP contribution < -0.4 is 41.4 Å². The number of nitrogens with one attached hydrogen (secondary N) is 6. The molecule has 6 aliphatic rings. The van der Waals surface area contributed by atoms with E-state index in [-0.39, 0.29) is 17.9 Å². The zero-order valence-electron chi connectivity index (χ0n) is 42.5. The van der Waals surface area contributed by atoms with Crippen molar-refractivity contribution in [2.24, 2.45) is 23.7 Å². The standard InChI is InChI=1S/C61H66N6O4S4/c1-70-54-34-38(20-24-50(54)66-48-16-8-6-14-44(48)60(68)64-30-28-62-52-32-40-12-4-10-18-56(40)74-58-26-22-42(72)36-46(52)58)39-21-25-51(55(35-39)71-2)67-49-17-9-7-15-45(49)61(69)65-31-29-63-53-33-41-13-5-11-19-57(41)75-59-27-23-43(73-3)37-47(53)59/h4-27,34-37,40-41,46-47,52-53,56-59,62-63,66-67,72H,28-33H2,1-3H3,(H,64,68)(H,65,69). The van der Waals surface area contributed by atoms with Crippen molar-refractivity contribution < 1.29 is 19.1 Å². The smallest absolute Gasteiger partial charge is 0.253 e. The lowest BCUT2D eigenvalue weighted by Gasteiger charge is -2.31. The number of carbonyl (C=O) groups is 2. The van der Waals surface area contributed by atoms with E-state index in [4.69, 9.17) is 22.1 Å². The molecule has 10 atom stereocenters. The normalized spacial score (nSPS) is 26.0. The van der Waals surface area contributed by atoms with E-state index in [0.717, 1.165) is 40.2 Å². The number of amides is 2. The molecule has 0 radical (unpaired) electrons. The maximum atomic E-state index is 13.8. The minimum Gasteiger partial charge on any atom is -0.495 e. The Hall–Kier alpha value is -5.74. The number of methoxy groups -OCH3 is 2. The van der Waals surface area contributed by atoms with Crippen LogP contribution in [0.1, 0.15) is 33.6 Å². The van der Waals surface area contributed by atoms with Crippen molar-refractivity contribution in [2.75, 3.05) is 57.3 Å². The monoisotopic (exact) mass is 1070 g/mol. The number of para-hydroxylation sites is 2. The van der Waals surface area contributed by atoms with Crippen molar-refractivity contribution in [3.05, 3.63) is 191 Å². The second kappa shape index (κ2) is 24.9. The molecule has 10 unspecified atom stereocenters. The molecule has 6 N–H and O–H groups in total. The van der Waals surface area contributed by atoms with Crippen LogP contribution in [0.5, 0.6) is 11.5 Å². The van der Waals surface area contributed by atoms with Crippen LogP contribution in [-0.2, 0) is 0 Å². The number of allylic oxidation sites excluding steroid dienone is 8. The number of fused-ring (bicyclic) bond motifs is 4. The summed E-state index contributed by atoms with van der Waals surface area (Å²) in [6, 6.07) is 27.5. The molecule has 14 heteroatoms. The van der Waals surface area contributed by atoms with E-state index < -0.39 is 0 Å². The summed E-state index contributed by atoms with van der Waals surface area (Å²) in [7, 11) is 3.28. The predicted octanol–water partition coefficient (Wildman–Crippen LogP) is 11.9. The zero-order valence-corrected chi connectivity index (χ0v) is 45.8. The third-order valence-corrected chi connectivity index (χ3v) is 19.1. The molecule has 4 aromatic carbocycles. The topological polar surface area (TPSA) is 125 Å². The van der Waals surface area contributed by atoms with E-state index in [1.54, 1.807) is 26.0 Å². The number of thiol groups is 1. The average molecular weight is 1080 g/mol. The van der Waals surface area contributed by atoms with Gasteiger partial charge in [-0.15, -0.1) is 47.9 Å². The number of benzene rings is 4. The second-order valence-electron chi connectivity index (χ2n) is 19.5. The molecule has 2 aliphatic heterocycles. The summed E-state index contributed by atoms with van der Waals surface area (Å²) in [6.45, 7) is 2.28. The van der Waals surface area contributed by atoms with E-state index >= 15 is 0 Å². The second-order valence-corrected chi connectivity index (χ2v) is 23.6. The Bertz CT molecular complexity index is 2980. The maximum absolute atomic E-state index is 13.8. The Morgan fingerprint density at radius 2 is 1.05 bits per heavy atom. The van der Waals surface area contributed by atoms with Gasteiger partial charge < -0.3 is 41.4 Å². The number of ether oxygens (including phenoxy) is 2. The molecule has 2 amide bonds. The molecule has 2 saturated heterocycles. The molecule has 75 heavy (non-hydrogen) atoms. The average Bonchev–Trinajstić information content (AvgIpc) is 3.70. The fourth-order valence-corrected chi connectivity index (χ4v) is 14.9. The van der Waals surface area contributed by atoms with Crippen LogP contribution in [0.3, 0.4) is 0 Å². The van der Waals surface area contributed by atoms with E-state index in [9.17, 15) is 9.59 Å². The number of hydrogen-bond acceptors (Lipinski definition) is 12. The fraction of sp³-hybridized carbons (Fsp3) is 0.311. The molecular formula is C61H66N6O4S4. The maximum Gasteiger partial charge on any atom is 0.253 e. The third kappa shape index (κ3) is 12.6. The highest BCUT2D eigenvalue weighted by Crippen LogP contribution is 2.46. The molecule has 10 nitrogen and oxygen atoms in total. The first-order chi connectivity index (χ1) is 36.7. The summed E-state index contributed by atoms with van der Waals surface area (Å²) in [5, 5.41) is 22.7. The van der Waals surface area contributed by atoms with Crippen molar-refractivity contribution >= 4 is 82.5 Å². The van der Waals surface area contributed by atoms with Gasteiger partial charge in [-0.2, -0.15) is 0 Å². The van der Waals surface area contributed by atoms with E-state index in [0.29, 0.717) is 111 Å². The molecular weight excluding hydrogens is 1010 g/mol. The summed E-state index contributed by atoms with van der Waals surface area (Å²) in [4.78, 5) is 29.9. The third-order valence-electron chi connectivity index (χ3n) is 14.9. The summed E-state index contributed by atoms with van der Waals surface area (Å²) in [5.74, 6) is 2.56. The number of thioether (sulfide) groups is 3. The van der Waals surface area contributed by atoms with Gasteiger partial charge in [0.05, 0.1) is 48.1 Å². The summed E-state index contributed by atoms with van der Waals surface area (Å²) < 4.78 is 11.9. The Morgan fingerprint density at radius 3 is 1.56 bits per heavy atom. The molecule has 2 fully saturated rings. The lowest BCUT2D eigenvalue weighted by atomic mass is 9.84. The molecule has 4 aromatic rings. The first kappa shape index (κ1) is 52.7. The largest absolute Gasteiger partial charge is 0.495 e. The lowest BCUT2D eigenvalue weighted by molar-refractivity contribution is 0.0946. The van der Waals surface area contributed by atoms with Gasteiger partial charge in [-0.1, -0.05) is 121 Å². The predicted molar refractivity (Wildman–Crippen MR) is 320 cm³/mol. The number of hydrogen-bond donors (Lipinski definition) is 7. The van der Waals surface area contributed by atoms with Gasteiger partial charge in [0.2, 0.25) is 0 Å². The number of carbonyl (C=O) groups excluding carboxylic acids is 2. The molecule has 0 bridgehead atoms. The minimum atomic E-state index is -0.157.